The summed E-state index contributed by atoms with van der Waals surface area (Å²) in [5, 5.41) is 12.5. The molecule has 0 aliphatic carbocycles. The Hall–Kier alpha value is -0.710. The highest BCUT2D eigenvalue weighted by molar-refractivity contribution is 7.98. The van der Waals surface area contributed by atoms with E-state index in [0.29, 0.717) is 16.5 Å². The van der Waals surface area contributed by atoms with Crippen LogP contribution in [0.4, 0.5) is 0 Å². The predicted molar refractivity (Wildman–Crippen MR) is 81.0 cm³/mol. The fraction of sp³-hybridized carbons (Fsp3) is 0.500. The van der Waals surface area contributed by atoms with Crippen LogP contribution in [-0.2, 0) is 0 Å². The fourth-order valence-electron chi connectivity index (χ4n) is 1.82. The molecule has 3 nitrogen and oxygen atoms in total. The standard InChI is InChI=1S/C14H20ClNO2S/c1-9(2)6-10(8-17)16-14(18)12-7-11(19-3)4-5-13(12)15/h4-5,7,9-10,17H,6,8H2,1-3H3,(H,16,18). The van der Waals surface area contributed by atoms with Crippen molar-refractivity contribution in [2.45, 2.75) is 31.2 Å². The topological polar surface area (TPSA) is 49.3 Å². The van der Waals surface area contributed by atoms with E-state index in [0.717, 1.165) is 11.3 Å². The molecule has 1 aromatic carbocycles. The molecule has 19 heavy (non-hydrogen) atoms. The van der Waals surface area contributed by atoms with Crippen LogP contribution in [0.3, 0.4) is 0 Å². The van der Waals surface area contributed by atoms with E-state index in [-0.39, 0.29) is 18.6 Å². The molecule has 0 aromatic heterocycles. The summed E-state index contributed by atoms with van der Waals surface area (Å²) in [4.78, 5) is 13.2. The lowest BCUT2D eigenvalue weighted by Gasteiger charge is -2.18. The van der Waals surface area contributed by atoms with Crippen LogP contribution in [0.15, 0.2) is 23.1 Å². The quantitative estimate of drug-likeness (QED) is 0.793. The van der Waals surface area contributed by atoms with E-state index in [4.69, 9.17) is 11.6 Å². The minimum Gasteiger partial charge on any atom is -0.394 e. The highest BCUT2D eigenvalue weighted by Crippen LogP contribution is 2.23. The molecular weight excluding hydrogens is 282 g/mol. The van der Waals surface area contributed by atoms with Crippen LogP contribution >= 0.6 is 23.4 Å². The molecule has 0 spiro atoms. The molecule has 1 amide bonds. The van der Waals surface area contributed by atoms with E-state index >= 15 is 0 Å². The first-order valence-electron chi connectivity index (χ1n) is 6.23. The number of carbonyl (C=O) groups is 1. The van der Waals surface area contributed by atoms with Crippen molar-refractivity contribution in [1.82, 2.24) is 5.32 Å². The number of hydrogen-bond acceptors (Lipinski definition) is 3. The van der Waals surface area contributed by atoms with Crippen molar-refractivity contribution in [2.24, 2.45) is 5.92 Å². The van der Waals surface area contributed by atoms with Crippen LogP contribution in [0, 0.1) is 5.92 Å². The number of rotatable bonds is 6. The third-order valence-corrected chi connectivity index (χ3v) is 3.78. The Morgan fingerprint density at radius 2 is 2.16 bits per heavy atom. The van der Waals surface area contributed by atoms with Crippen LogP contribution < -0.4 is 5.32 Å². The molecule has 1 aromatic rings. The van der Waals surface area contributed by atoms with Gasteiger partial charge in [-0.2, -0.15) is 0 Å². The monoisotopic (exact) mass is 301 g/mol. The van der Waals surface area contributed by atoms with E-state index in [1.165, 1.54) is 0 Å². The van der Waals surface area contributed by atoms with Crippen molar-refractivity contribution < 1.29 is 9.90 Å². The molecule has 0 aliphatic heterocycles. The lowest BCUT2D eigenvalue weighted by atomic mass is 10.0. The van der Waals surface area contributed by atoms with Crippen molar-refractivity contribution in [3.8, 4) is 0 Å². The fourth-order valence-corrected chi connectivity index (χ4v) is 2.46. The Kier molecular flexibility index (Phi) is 6.69. The summed E-state index contributed by atoms with van der Waals surface area (Å²) in [6.07, 6.45) is 2.68. The van der Waals surface area contributed by atoms with E-state index < -0.39 is 0 Å². The predicted octanol–water partition coefficient (Wildman–Crippen LogP) is 3.20. The second-order valence-electron chi connectivity index (χ2n) is 4.83. The van der Waals surface area contributed by atoms with E-state index in [9.17, 15) is 9.90 Å². The molecule has 0 radical (unpaired) electrons. The van der Waals surface area contributed by atoms with Crippen LogP contribution in [0.2, 0.25) is 5.02 Å². The molecule has 2 N–H and O–H groups in total. The number of nitrogens with one attached hydrogen (secondary N) is 1. The first kappa shape index (κ1) is 16.3. The SMILES string of the molecule is CSc1ccc(Cl)c(C(=O)NC(CO)CC(C)C)c1. The summed E-state index contributed by atoms with van der Waals surface area (Å²) in [5.41, 5.74) is 0.454. The molecule has 0 bridgehead atoms. The average molecular weight is 302 g/mol. The third kappa shape index (κ3) is 5.05. The summed E-state index contributed by atoms with van der Waals surface area (Å²) >= 11 is 7.60. The Labute approximate surface area is 123 Å². The molecule has 106 valence electrons. The number of halogens is 1. The van der Waals surface area contributed by atoms with Crippen LogP contribution in [0.5, 0.6) is 0 Å². The largest absolute Gasteiger partial charge is 0.394 e. The van der Waals surface area contributed by atoms with Crippen molar-refractivity contribution in [3.63, 3.8) is 0 Å². The van der Waals surface area contributed by atoms with Gasteiger partial charge in [0.15, 0.2) is 0 Å². The first-order valence-corrected chi connectivity index (χ1v) is 7.83. The summed E-state index contributed by atoms with van der Waals surface area (Å²) < 4.78 is 0. The number of amides is 1. The number of aliphatic hydroxyl groups is 1. The zero-order valence-corrected chi connectivity index (χ0v) is 13.0. The molecule has 1 rings (SSSR count). The third-order valence-electron chi connectivity index (χ3n) is 2.73. The smallest absolute Gasteiger partial charge is 0.253 e. The summed E-state index contributed by atoms with van der Waals surface area (Å²) in [6.45, 7) is 4.04. The number of hydrogen-bond donors (Lipinski definition) is 2. The number of thioether (sulfide) groups is 1. The van der Waals surface area contributed by atoms with Gasteiger partial charge < -0.3 is 10.4 Å². The first-order chi connectivity index (χ1) is 8.97. The van der Waals surface area contributed by atoms with E-state index in [1.807, 2.05) is 12.3 Å². The van der Waals surface area contributed by atoms with Crippen LogP contribution in [-0.4, -0.2) is 29.9 Å². The molecule has 5 heteroatoms. The van der Waals surface area contributed by atoms with E-state index in [2.05, 4.69) is 19.2 Å². The lowest BCUT2D eigenvalue weighted by Crippen LogP contribution is -2.38. The lowest BCUT2D eigenvalue weighted by molar-refractivity contribution is 0.0908. The van der Waals surface area contributed by atoms with Gasteiger partial charge in [-0.3, -0.25) is 4.79 Å². The van der Waals surface area contributed by atoms with Crippen molar-refractivity contribution in [1.29, 1.82) is 0 Å². The van der Waals surface area contributed by atoms with Crippen molar-refractivity contribution in [3.05, 3.63) is 28.8 Å². The van der Waals surface area contributed by atoms with E-state index in [1.54, 1.807) is 23.9 Å². The summed E-state index contributed by atoms with van der Waals surface area (Å²) in [7, 11) is 0. The van der Waals surface area contributed by atoms with Crippen LogP contribution in [0.1, 0.15) is 30.6 Å². The van der Waals surface area contributed by atoms with Gasteiger partial charge in [-0.05, 0) is 36.8 Å². The minimum atomic E-state index is -0.236. The van der Waals surface area contributed by atoms with Crippen molar-refractivity contribution >= 4 is 29.3 Å². The van der Waals surface area contributed by atoms with Crippen molar-refractivity contribution in [2.75, 3.05) is 12.9 Å². The normalized spacial score (nSPS) is 12.5. The number of benzene rings is 1. The maximum atomic E-state index is 12.2. The molecule has 0 saturated carbocycles. The molecule has 0 aliphatic rings. The highest BCUT2D eigenvalue weighted by atomic mass is 35.5. The zero-order valence-electron chi connectivity index (χ0n) is 11.4. The molecule has 1 unspecified atom stereocenters. The zero-order chi connectivity index (χ0) is 14.4. The Balaban J connectivity index is 2.81. The van der Waals surface area contributed by atoms with Crippen LogP contribution in [0.25, 0.3) is 0 Å². The molecule has 0 heterocycles. The van der Waals surface area contributed by atoms with Gasteiger partial charge >= 0.3 is 0 Å². The van der Waals surface area contributed by atoms with Gasteiger partial charge in [0, 0.05) is 4.90 Å². The summed E-state index contributed by atoms with van der Waals surface area (Å²) in [6, 6.07) is 5.13. The Morgan fingerprint density at radius 1 is 1.47 bits per heavy atom. The second-order valence-corrected chi connectivity index (χ2v) is 6.12. The number of aliphatic hydroxyl groups excluding tert-OH is 1. The highest BCUT2D eigenvalue weighted by Gasteiger charge is 2.16. The molecular formula is C14H20ClNO2S. The van der Waals surface area contributed by atoms with Gasteiger partial charge in [0.25, 0.3) is 5.91 Å². The molecule has 0 saturated heterocycles. The second kappa shape index (κ2) is 7.78. The molecule has 0 fully saturated rings. The number of carbonyl (C=O) groups excluding carboxylic acids is 1. The van der Waals surface area contributed by atoms with Gasteiger partial charge in [0.05, 0.1) is 23.2 Å². The van der Waals surface area contributed by atoms with Gasteiger partial charge in [-0.1, -0.05) is 25.4 Å². The average Bonchev–Trinajstić information content (AvgIpc) is 2.37. The maximum absolute atomic E-state index is 12.2. The van der Waals surface area contributed by atoms with Gasteiger partial charge in [0.1, 0.15) is 0 Å². The van der Waals surface area contributed by atoms with Gasteiger partial charge in [-0.15, -0.1) is 11.8 Å². The molecule has 1 atom stereocenters. The minimum absolute atomic E-state index is 0.0657. The van der Waals surface area contributed by atoms with Gasteiger partial charge in [0.2, 0.25) is 0 Å². The van der Waals surface area contributed by atoms with Gasteiger partial charge in [-0.25, -0.2) is 0 Å². The summed E-state index contributed by atoms with van der Waals surface area (Å²) in [5.74, 6) is 0.172. The Bertz CT molecular complexity index is 437. The Morgan fingerprint density at radius 3 is 2.68 bits per heavy atom. The maximum Gasteiger partial charge on any atom is 0.253 e.